The lowest BCUT2D eigenvalue weighted by Crippen LogP contribution is -2.44. The summed E-state index contributed by atoms with van der Waals surface area (Å²) in [5.74, 6) is 0.443. The fraction of sp³-hybridized carbons (Fsp3) is 0.818. The maximum atomic E-state index is 11.3. The molecule has 0 aromatic rings. The number of urea groups is 1. The number of amides is 3. The van der Waals surface area contributed by atoms with E-state index in [0.717, 1.165) is 12.8 Å². The van der Waals surface area contributed by atoms with Crippen LogP contribution < -0.4 is 10.6 Å². The third-order valence-electron chi connectivity index (χ3n) is 2.40. The summed E-state index contributed by atoms with van der Waals surface area (Å²) in [6.45, 7) is 6.17. The summed E-state index contributed by atoms with van der Waals surface area (Å²) in [5.41, 5.74) is 0. The number of rotatable bonds is 6. The Kier molecular flexibility index (Phi) is 7.99. The number of carbonyl (C=O) groups excluding carboxylic acids is 2. The van der Waals surface area contributed by atoms with Gasteiger partial charge in [-0.25, -0.2) is 4.79 Å². The second-order valence-electron chi connectivity index (χ2n) is 4.11. The van der Waals surface area contributed by atoms with E-state index in [9.17, 15) is 9.59 Å². The molecular formula is C11H21ClN2O2. The maximum Gasteiger partial charge on any atom is 0.321 e. The molecule has 0 radical (unpaired) electrons. The van der Waals surface area contributed by atoms with Gasteiger partial charge in [0.05, 0.1) is 0 Å². The lowest BCUT2D eigenvalue weighted by atomic mass is 10.0. The van der Waals surface area contributed by atoms with Crippen LogP contribution in [0.25, 0.3) is 0 Å². The molecule has 0 aromatic carbocycles. The minimum Gasteiger partial charge on any atom is -0.335 e. The van der Waals surface area contributed by atoms with Gasteiger partial charge in [-0.3, -0.25) is 10.1 Å². The monoisotopic (exact) mass is 248 g/mol. The Labute approximate surface area is 102 Å². The van der Waals surface area contributed by atoms with Gasteiger partial charge in [0.1, 0.15) is 0 Å². The van der Waals surface area contributed by atoms with E-state index in [2.05, 4.69) is 24.5 Å². The van der Waals surface area contributed by atoms with Gasteiger partial charge in [0, 0.05) is 18.3 Å². The predicted molar refractivity (Wildman–Crippen MR) is 65.5 cm³/mol. The van der Waals surface area contributed by atoms with Gasteiger partial charge in [-0.2, -0.15) is 0 Å². The van der Waals surface area contributed by atoms with E-state index in [1.165, 1.54) is 0 Å². The Morgan fingerprint density at radius 3 is 2.44 bits per heavy atom. The highest BCUT2D eigenvalue weighted by atomic mass is 35.5. The minimum atomic E-state index is -0.439. The van der Waals surface area contributed by atoms with Gasteiger partial charge in [0.15, 0.2) is 0 Å². The molecule has 4 nitrogen and oxygen atoms in total. The van der Waals surface area contributed by atoms with Crippen molar-refractivity contribution in [3.05, 3.63) is 0 Å². The van der Waals surface area contributed by atoms with E-state index in [-0.39, 0.29) is 24.2 Å². The quantitative estimate of drug-likeness (QED) is 0.709. The summed E-state index contributed by atoms with van der Waals surface area (Å²) in [7, 11) is 0. The van der Waals surface area contributed by atoms with Crippen LogP contribution in [0.3, 0.4) is 0 Å². The van der Waals surface area contributed by atoms with E-state index in [1.54, 1.807) is 0 Å². The molecule has 2 atom stereocenters. The largest absolute Gasteiger partial charge is 0.335 e. The van der Waals surface area contributed by atoms with Gasteiger partial charge in [0.25, 0.3) is 0 Å². The molecule has 0 aliphatic rings. The summed E-state index contributed by atoms with van der Waals surface area (Å²) in [6.07, 6.45) is 2.15. The first-order chi connectivity index (χ1) is 7.49. The molecule has 0 rings (SSSR count). The van der Waals surface area contributed by atoms with Crippen molar-refractivity contribution in [1.29, 1.82) is 0 Å². The maximum absolute atomic E-state index is 11.3. The summed E-state index contributed by atoms with van der Waals surface area (Å²) in [5, 5.41) is 4.95. The van der Waals surface area contributed by atoms with Gasteiger partial charge in [-0.05, 0) is 19.3 Å². The normalized spacial score (nSPS) is 14.0. The number of halogens is 1. The highest BCUT2D eigenvalue weighted by Crippen LogP contribution is 2.08. The first kappa shape index (κ1) is 15.2. The van der Waals surface area contributed by atoms with E-state index in [0.29, 0.717) is 5.92 Å². The number of hydrogen-bond acceptors (Lipinski definition) is 2. The first-order valence-corrected chi connectivity index (χ1v) is 6.19. The molecule has 2 unspecified atom stereocenters. The van der Waals surface area contributed by atoms with Gasteiger partial charge >= 0.3 is 6.03 Å². The van der Waals surface area contributed by atoms with Crippen LogP contribution in [-0.2, 0) is 4.79 Å². The Morgan fingerprint density at radius 2 is 1.94 bits per heavy atom. The summed E-state index contributed by atoms with van der Waals surface area (Å²) in [6, 6.07) is -0.371. The lowest BCUT2D eigenvalue weighted by molar-refractivity contribution is -0.119. The molecule has 0 spiro atoms. The van der Waals surface area contributed by atoms with E-state index in [4.69, 9.17) is 11.6 Å². The molecular weight excluding hydrogens is 228 g/mol. The average molecular weight is 249 g/mol. The number of hydrogen-bond donors (Lipinski definition) is 2. The van der Waals surface area contributed by atoms with Crippen molar-refractivity contribution in [3.8, 4) is 0 Å². The van der Waals surface area contributed by atoms with Gasteiger partial charge in [0.2, 0.25) is 5.91 Å². The summed E-state index contributed by atoms with van der Waals surface area (Å²) in [4.78, 5) is 22.4. The van der Waals surface area contributed by atoms with Crippen molar-refractivity contribution in [1.82, 2.24) is 10.6 Å². The topological polar surface area (TPSA) is 58.2 Å². The zero-order valence-electron chi connectivity index (χ0n) is 10.2. The lowest BCUT2D eigenvalue weighted by Gasteiger charge is -2.17. The minimum absolute atomic E-state index is 0.0683. The number of carbonyl (C=O) groups is 2. The summed E-state index contributed by atoms with van der Waals surface area (Å²) < 4.78 is 0. The molecule has 0 aromatic heterocycles. The number of imide groups is 1. The van der Waals surface area contributed by atoms with E-state index in [1.807, 2.05) is 6.92 Å². The third kappa shape index (κ3) is 7.51. The molecule has 3 amide bonds. The Bertz CT molecular complexity index is 234. The van der Waals surface area contributed by atoms with Gasteiger partial charge in [-0.1, -0.05) is 20.3 Å². The van der Waals surface area contributed by atoms with Crippen LogP contribution in [0.5, 0.6) is 0 Å². The molecule has 0 aliphatic heterocycles. The van der Waals surface area contributed by atoms with Crippen LogP contribution in [0.15, 0.2) is 0 Å². The fourth-order valence-corrected chi connectivity index (χ4v) is 1.54. The Balaban J connectivity index is 3.82. The highest BCUT2D eigenvalue weighted by Gasteiger charge is 2.12. The van der Waals surface area contributed by atoms with Crippen LogP contribution in [0.4, 0.5) is 4.79 Å². The van der Waals surface area contributed by atoms with Crippen LogP contribution >= 0.6 is 11.6 Å². The fourth-order valence-electron chi connectivity index (χ4n) is 1.36. The zero-order chi connectivity index (χ0) is 12.6. The van der Waals surface area contributed by atoms with Crippen LogP contribution in [0.1, 0.15) is 40.0 Å². The smallest absolute Gasteiger partial charge is 0.321 e. The van der Waals surface area contributed by atoms with Gasteiger partial charge < -0.3 is 5.32 Å². The molecule has 94 valence electrons. The van der Waals surface area contributed by atoms with E-state index < -0.39 is 6.03 Å². The number of alkyl halides is 1. The van der Waals surface area contributed by atoms with Crippen molar-refractivity contribution in [2.24, 2.45) is 5.92 Å². The molecule has 16 heavy (non-hydrogen) atoms. The zero-order valence-corrected chi connectivity index (χ0v) is 10.9. The van der Waals surface area contributed by atoms with Crippen molar-refractivity contribution >= 4 is 23.5 Å². The standard InChI is InChI=1S/C11H21ClN2O2/c1-4-8(2)7-9(3)13-11(16)14-10(15)5-6-12/h8-9H,4-7H2,1-3H3,(H2,13,14,15,16). The van der Waals surface area contributed by atoms with Crippen molar-refractivity contribution < 1.29 is 9.59 Å². The van der Waals surface area contributed by atoms with Crippen LogP contribution in [0.2, 0.25) is 0 Å². The molecule has 0 bridgehead atoms. The van der Waals surface area contributed by atoms with Crippen LogP contribution in [-0.4, -0.2) is 23.9 Å². The van der Waals surface area contributed by atoms with Crippen LogP contribution in [0, 0.1) is 5.92 Å². The molecule has 0 aliphatic carbocycles. The average Bonchev–Trinajstić information content (AvgIpc) is 2.16. The second-order valence-corrected chi connectivity index (χ2v) is 4.49. The number of nitrogens with one attached hydrogen (secondary N) is 2. The SMILES string of the molecule is CCC(C)CC(C)NC(=O)NC(=O)CCCl. The van der Waals surface area contributed by atoms with Crippen molar-refractivity contribution in [2.45, 2.75) is 46.1 Å². The molecule has 5 heteroatoms. The Morgan fingerprint density at radius 1 is 1.31 bits per heavy atom. The van der Waals surface area contributed by atoms with Crippen molar-refractivity contribution in [2.75, 3.05) is 5.88 Å². The van der Waals surface area contributed by atoms with Crippen molar-refractivity contribution in [3.63, 3.8) is 0 Å². The molecule has 0 heterocycles. The highest BCUT2D eigenvalue weighted by molar-refractivity contribution is 6.19. The van der Waals surface area contributed by atoms with Gasteiger partial charge in [-0.15, -0.1) is 11.6 Å². The molecule has 0 fully saturated rings. The van der Waals surface area contributed by atoms with E-state index >= 15 is 0 Å². The third-order valence-corrected chi connectivity index (χ3v) is 2.59. The molecule has 0 saturated heterocycles. The molecule has 0 saturated carbocycles. The first-order valence-electron chi connectivity index (χ1n) is 5.65. The Hall–Kier alpha value is -0.770. The predicted octanol–water partition coefficient (Wildman–Crippen LogP) is 2.27. The second kappa shape index (κ2) is 8.39. The molecule has 2 N–H and O–H groups in total. The summed E-state index contributed by atoms with van der Waals surface area (Å²) >= 11 is 5.38.